The topological polar surface area (TPSA) is 30.3 Å². The monoisotopic (exact) mass is 391 g/mol. The van der Waals surface area contributed by atoms with E-state index in [0.717, 1.165) is 37.3 Å². The molecule has 29 heavy (non-hydrogen) atoms. The van der Waals surface area contributed by atoms with Gasteiger partial charge in [-0.15, -0.1) is 0 Å². The molecule has 154 valence electrons. The zero-order valence-electron chi connectivity index (χ0n) is 17.9. The highest BCUT2D eigenvalue weighted by Gasteiger charge is 2.13. The second-order valence-corrected chi connectivity index (χ2v) is 8.27. The van der Waals surface area contributed by atoms with E-state index in [1.54, 1.807) is 0 Å². The second kappa shape index (κ2) is 9.45. The quantitative estimate of drug-likeness (QED) is 0.473. The lowest BCUT2D eigenvalue weighted by atomic mass is 10.1. The standard InChI is InChI=1S/C25H33N3O/c1-20-12-13-22(19-21(20)2)29-18-8-17-28-24-10-4-3-9-23(24)26-25(28)11-7-16-27-14-5-6-15-27/h3-4,9-10,12-13,19H,5-8,11,14-18H2,1-2H3. The van der Waals surface area contributed by atoms with Crippen molar-refractivity contribution in [2.45, 2.75) is 52.5 Å². The molecule has 0 amide bonds. The van der Waals surface area contributed by atoms with Gasteiger partial charge in [0, 0.05) is 13.0 Å². The van der Waals surface area contributed by atoms with Gasteiger partial charge in [-0.25, -0.2) is 4.98 Å². The van der Waals surface area contributed by atoms with Gasteiger partial charge in [0.1, 0.15) is 11.6 Å². The molecular weight excluding hydrogens is 358 g/mol. The first-order valence-corrected chi connectivity index (χ1v) is 11.1. The predicted molar refractivity (Wildman–Crippen MR) is 120 cm³/mol. The summed E-state index contributed by atoms with van der Waals surface area (Å²) >= 11 is 0. The highest BCUT2D eigenvalue weighted by atomic mass is 16.5. The third-order valence-corrected chi connectivity index (χ3v) is 6.08. The number of rotatable bonds is 9. The number of likely N-dealkylation sites (tertiary alicyclic amines) is 1. The maximum Gasteiger partial charge on any atom is 0.119 e. The van der Waals surface area contributed by atoms with Crippen molar-refractivity contribution in [3.63, 3.8) is 0 Å². The van der Waals surface area contributed by atoms with E-state index in [9.17, 15) is 0 Å². The van der Waals surface area contributed by atoms with Crippen molar-refractivity contribution in [1.29, 1.82) is 0 Å². The van der Waals surface area contributed by atoms with Gasteiger partial charge in [0.2, 0.25) is 0 Å². The molecule has 1 fully saturated rings. The van der Waals surface area contributed by atoms with Crippen molar-refractivity contribution in [2.75, 3.05) is 26.2 Å². The number of benzene rings is 2. The average Bonchev–Trinajstić information content (AvgIpc) is 3.36. The molecule has 0 atom stereocenters. The van der Waals surface area contributed by atoms with Crippen LogP contribution in [0.15, 0.2) is 42.5 Å². The molecule has 0 aliphatic carbocycles. The Morgan fingerprint density at radius 3 is 2.59 bits per heavy atom. The zero-order chi connectivity index (χ0) is 20.1. The molecule has 0 saturated carbocycles. The number of aryl methyl sites for hydroxylation is 4. The molecule has 1 aliphatic rings. The molecule has 0 spiro atoms. The number of ether oxygens (including phenoxy) is 1. The molecule has 4 nitrogen and oxygen atoms in total. The van der Waals surface area contributed by atoms with E-state index in [1.807, 2.05) is 0 Å². The summed E-state index contributed by atoms with van der Waals surface area (Å²) in [4.78, 5) is 7.53. The largest absolute Gasteiger partial charge is 0.494 e. The van der Waals surface area contributed by atoms with Crippen molar-refractivity contribution < 1.29 is 4.74 Å². The summed E-state index contributed by atoms with van der Waals surface area (Å²) in [5.74, 6) is 2.19. The van der Waals surface area contributed by atoms with Crippen LogP contribution in [0.3, 0.4) is 0 Å². The van der Waals surface area contributed by atoms with Gasteiger partial charge in [0.05, 0.1) is 17.6 Å². The van der Waals surface area contributed by atoms with Gasteiger partial charge in [-0.1, -0.05) is 18.2 Å². The number of fused-ring (bicyclic) bond motifs is 1. The number of para-hydroxylation sites is 2. The Bertz CT molecular complexity index is 940. The van der Waals surface area contributed by atoms with Crippen LogP contribution in [-0.4, -0.2) is 40.7 Å². The maximum atomic E-state index is 6.00. The van der Waals surface area contributed by atoms with Gasteiger partial charge in [0.15, 0.2) is 0 Å². The number of nitrogens with zero attached hydrogens (tertiary/aromatic N) is 3. The number of hydrogen-bond donors (Lipinski definition) is 0. The van der Waals surface area contributed by atoms with E-state index < -0.39 is 0 Å². The fourth-order valence-electron chi connectivity index (χ4n) is 4.25. The van der Waals surface area contributed by atoms with Crippen molar-refractivity contribution in [3.8, 4) is 5.75 Å². The highest BCUT2D eigenvalue weighted by Crippen LogP contribution is 2.20. The lowest BCUT2D eigenvalue weighted by molar-refractivity contribution is 0.301. The van der Waals surface area contributed by atoms with Gasteiger partial charge >= 0.3 is 0 Å². The Balaban J connectivity index is 1.36. The molecule has 4 rings (SSSR count). The maximum absolute atomic E-state index is 6.00. The molecule has 1 saturated heterocycles. The second-order valence-electron chi connectivity index (χ2n) is 8.27. The number of aromatic nitrogens is 2. The first-order valence-electron chi connectivity index (χ1n) is 11.1. The lowest BCUT2D eigenvalue weighted by Gasteiger charge is -2.15. The normalized spacial score (nSPS) is 14.7. The van der Waals surface area contributed by atoms with Crippen molar-refractivity contribution in [2.24, 2.45) is 0 Å². The summed E-state index contributed by atoms with van der Waals surface area (Å²) in [6.07, 6.45) is 5.93. The zero-order valence-corrected chi connectivity index (χ0v) is 17.9. The highest BCUT2D eigenvalue weighted by molar-refractivity contribution is 5.75. The van der Waals surface area contributed by atoms with E-state index >= 15 is 0 Å². The molecule has 4 heteroatoms. The lowest BCUT2D eigenvalue weighted by Crippen LogP contribution is -2.21. The summed E-state index contributed by atoms with van der Waals surface area (Å²) in [5, 5.41) is 0. The van der Waals surface area contributed by atoms with Gasteiger partial charge < -0.3 is 14.2 Å². The van der Waals surface area contributed by atoms with Crippen molar-refractivity contribution in [1.82, 2.24) is 14.5 Å². The van der Waals surface area contributed by atoms with E-state index in [4.69, 9.17) is 9.72 Å². The predicted octanol–water partition coefficient (Wildman–Crippen LogP) is 5.15. The van der Waals surface area contributed by atoms with Crippen LogP contribution in [0.1, 0.15) is 42.6 Å². The molecule has 2 aromatic carbocycles. The van der Waals surface area contributed by atoms with E-state index in [1.165, 1.54) is 61.4 Å². The van der Waals surface area contributed by atoms with Crippen LogP contribution in [0.4, 0.5) is 0 Å². The smallest absolute Gasteiger partial charge is 0.119 e. The summed E-state index contributed by atoms with van der Waals surface area (Å²) < 4.78 is 8.41. The molecule has 1 aromatic heterocycles. The van der Waals surface area contributed by atoms with Crippen molar-refractivity contribution >= 4 is 11.0 Å². The van der Waals surface area contributed by atoms with Crippen LogP contribution in [-0.2, 0) is 13.0 Å². The minimum absolute atomic E-state index is 0.724. The molecule has 0 bridgehead atoms. The SMILES string of the molecule is Cc1ccc(OCCCn2c(CCCN3CCCC3)nc3ccccc32)cc1C. The van der Waals surface area contributed by atoms with Crippen LogP contribution in [0, 0.1) is 13.8 Å². The number of imidazole rings is 1. The third kappa shape index (κ3) is 4.99. The summed E-state index contributed by atoms with van der Waals surface area (Å²) in [7, 11) is 0. The van der Waals surface area contributed by atoms with Gasteiger partial charge in [-0.05, 0) is 94.6 Å². The molecule has 2 heterocycles. The number of hydrogen-bond acceptors (Lipinski definition) is 3. The molecule has 0 unspecified atom stereocenters. The molecule has 0 N–H and O–H groups in total. The van der Waals surface area contributed by atoms with Crippen molar-refractivity contribution in [3.05, 3.63) is 59.4 Å². The summed E-state index contributed by atoms with van der Waals surface area (Å²) in [6.45, 7) is 9.67. The van der Waals surface area contributed by atoms with Gasteiger partial charge in [0.25, 0.3) is 0 Å². The fourth-order valence-corrected chi connectivity index (χ4v) is 4.25. The van der Waals surface area contributed by atoms with Crippen LogP contribution in [0.5, 0.6) is 5.75 Å². The molecule has 3 aromatic rings. The third-order valence-electron chi connectivity index (χ3n) is 6.08. The van der Waals surface area contributed by atoms with Gasteiger partial charge in [-0.2, -0.15) is 0 Å². The Kier molecular flexibility index (Phi) is 6.50. The van der Waals surface area contributed by atoms with E-state index in [0.29, 0.717) is 0 Å². The minimum atomic E-state index is 0.724. The Morgan fingerprint density at radius 1 is 0.931 bits per heavy atom. The first kappa shape index (κ1) is 20.0. The Hall–Kier alpha value is -2.33. The fraction of sp³-hybridized carbons (Fsp3) is 0.480. The molecule has 1 aliphatic heterocycles. The molecular formula is C25H33N3O. The first-order chi connectivity index (χ1) is 14.2. The van der Waals surface area contributed by atoms with Crippen LogP contribution < -0.4 is 4.74 Å². The average molecular weight is 392 g/mol. The Labute approximate surface area is 174 Å². The van der Waals surface area contributed by atoms with E-state index in [-0.39, 0.29) is 0 Å². The summed E-state index contributed by atoms with van der Waals surface area (Å²) in [6, 6.07) is 14.8. The van der Waals surface area contributed by atoms with Crippen LogP contribution in [0.25, 0.3) is 11.0 Å². The van der Waals surface area contributed by atoms with Gasteiger partial charge in [-0.3, -0.25) is 0 Å². The Morgan fingerprint density at radius 2 is 1.76 bits per heavy atom. The summed E-state index contributed by atoms with van der Waals surface area (Å²) in [5.41, 5.74) is 4.94. The minimum Gasteiger partial charge on any atom is -0.494 e. The molecule has 0 radical (unpaired) electrons. The van der Waals surface area contributed by atoms with E-state index in [2.05, 4.69) is 65.8 Å². The van der Waals surface area contributed by atoms with Crippen LogP contribution >= 0.6 is 0 Å². The van der Waals surface area contributed by atoms with Crippen LogP contribution in [0.2, 0.25) is 0 Å².